The molecule has 3 heteroatoms. The highest BCUT2D eigenvalue weighted by Gasteiger charge is 1.93. The van der Waals surface area contributed by atoms with Gasteiger partial charge in [-0.2, -0.15) is 0 Å². The highest BCUT2D eigenvalue weighted by atomic mass is 15.0. The maximum atomic E-state index is 4.23. The lowest BCUT2D eigenvalue weighted by Crippen LogP contribution is -1.89. The lowest BCUT2D eigenvalue weighted by atomic mass is 10.3. The molecule has 0 spiro atoms. The first-order valence-electron chi connectivity index (χ1n) is 4.06. The number of nitrogens with zero attached hydrogens (tertiary/aromatic N) is 3. The van der Waals surface area contributed by atoms with E-state index in [9.17, 15) is 0 Å². The molecule has 0 radical (unpaired) electrons. The molecule has 0 amide bonds. The topological polar surface area (TPSA) is 38.1 Å². The Hall–Kier alpha value is -1.25. The van der Waals surface area contributed by atoms with Gasteiger partial charge in [-0.15, -0.1) is 0 Å². The first-order chi connectivity index (χ1) is 5.72. The molecular formula is C9H13N3. The Morgan fingerprint density at radius 3 is 2.92 bits per heavy atom. The van der Waals surface area contributed by atoms with E-state index in [1.54, 1.807) is 6.20 Å². The van der Waals surface area contributed by atoms with Crippen molar-refractivity contribution in [3.8, 4) is 0 Å². The van der Waals surface area contributed by atoms with Crippen molar-refractivity contribution in [1.82, 2.24) is 9.97 Å². The van der Waals surface area contributed by atoms with Crippen molar-refractivity contribution < 1.29 is 0 Å². The van der Waals surface area contributed by atoms with Gasteiger partial charge in [0, 0.05) is 17.6 Å². The Morgan fingerprint density at radius 2 is 2.33 bits per heavy atom. The van der Waals surface area contributed by atoms with Crippen LogP contribution in [0.25, 0.3) is 0 Å². The summed E-state index contributed by atoms with van der Waals surface area (Å²) in [6, 6.07) is 1.86. The minimum Gasteiger partial charge on any atom is -0.221 e. The fourth-order valence-corrected chi connectivity index (χ4v) is 0.739. The third-order valence-electron chi connectivity index (χ3n) is 1.58. The van der Waals surface area contributed by atoms with Crippen LogP contribution in [0, 0.1) is 6.92 Å². The number of hydrogen-bond donors (Lipinski definition) is 0. The van der Waals surface area contributed by atoms with E-state index in [0.29, 0.717) is 5.95 Å². The van der Waals surface area contributed by atoms with Crippen LogP contribution in [0.1, 0.15) is 26.0 Å². The second-order valence-electron chi connectivity index (χ2n) is 2.70. The van der Waals surface area contributed by atoms with Crippen molar-refractivity contribution in [1.29, 1.82) is 0 Å². The summed E-state index contributed by atoms with van der Waals surface area (Å²) in [6.45, 7) is 5.97. The van der Waals surface area contributed by atoms with E-state index in [4.69, 9.17) is 0 Å². The van der Waals surface area contributed by atoms with Crippen molar-refractivity contribution >= 4 is 11.7 Å². The second kappa shape index (κ2) is 3.95. The fourth-order valence-electron chi connectivity index (χ4n) is 0.739. The molecule has 3 nitrogen and oxygen atoms in total. The van der Waals surface area contributed by atoms with Gasteiger partial charge < -0.3 is 0 Å². The van der Waals surface area contributed by atoms with Crippen molar-refractivity contribution in [2.75, 3.05) is 0 Å². The van der Waals surface area contributed by atoms with Crippen LogP contribution in [0.3, 0.4) is 0 Å². The van der Waals surface area contributed by atoms with Crippen LogP contribution in [0.5, 0.6) is 0 Å². The van der Waals surface area contributed by atoms with Gasteiger partial charge in [-0.05, 0) is 26.3 Å². The predicted octanol–water partition coefficient (Wildman–Crippen LogP) is 2.29. The minimum atomic E-state index is 0.564. The van der Waals surface area contributed by atoms with Gasteiger partial charge >= 0.3 is 0 Å². The highest BCUT2D eigenvalue weighted by Crippen LogP contribution is 2.04. The van der Waals surface area contributed by atoms with Gasteiger partial charge in [-0.3, -0.25) is 0 Å². The minimum absolute atomic E-state index is 0.564. The average molecular weight is 163 g/mol. The molecule has 0 saturated heterocycles. The van der Waals surface area contributed by atoms with Gasteiger partial charge in [0.15, 0.2) is 0 Å². The Morgan fingerprint density at radius 1 is 1.58 bits per heavy atom. The summed E-state index contributed by atoms with van der Waals surface area (Å²) >= 11 is 0. The van der Waals surface area contributed by atoms with Gasteiger partial charge in [-0.1, -0.05) is 6.92 Å². The third kappa shape index (κ3) is 2.42. The Balaban J connectivity index is 2.89. The summed E-state index contributed by atoms with van der Waals surface area (Å²) in [5.74, 6) is 0.564. The van der Waals surface area contributed by atoms with Crippen LogP contribution in [-0.4, -0.2) is 15.7 Å². The van der Waals surface area contributed by atoms with Gasteiger partial charge in [0.1, 0.15) is 0 Å². The van der Waals surface area contributed by atoms with Crippen molar-refractivity contribution in [3.63, 3.8) is 0 Å². The maximum absolute atomic E-state index is 4.23. The van der Waals surface area contributed by atoms with Crippen LogP contribution in [0.15, 0.2) is 17.3 Å². The molecule has 0 aliphatic carbocycles. The molecule has 0 aromatic carbocycles. The summed E-state index contributed by atoms with van der Waals surface area (Å²) < 4.78 is 0. The number of hydrogen-bond acceptors (Lipinski definition) is 3. The zero-order chi connectivity index (χ0) is 8.97. The maximum Gasteiger partial charge on any atom is 0.249 e. The summed E-state index contributed by atoms with van der Waals surface area (Å²) in [4.78, 5) is 12.4. The molecule has 1 aromatic rings. The van der Waals surface area contributed by atoms with E-state index in [0.717, 1.165) is 17.8 Å². The number of aliphatic imine (C=N–C) groups is 1. The monoisotopic (exact) mass is 163 g/mol. The largest absolute Gasteiger partial charge is 0.249 e. The average Bonchev–Trinajstić information content (AvgIpc) is 2.04. The molecule has 0 unspecified atom stereocenters. The molecule has 1 heterocycles. The third-order valence-corrected chi connectivity index (χ3v) is 1.58. The summed E-state index contributed by atoms with van der Waals surface area (Å²) in [6.07, 6.45) is 2.67. The highest BCUT2D eigenvalue weighted by molar-refractivity contribution is 5.83. The summed E-state index contributed by atoms with van der Waals surface area (Å²) in [7, 11) is 0. The number of rotatable bonds is 2. The molecule has 12 heavy (non-hydrogen) atoms. The normalized spacial score (nSPS) is 11.8. The molecule has 0 aliphatic rings. The van der Waals surface area contributed by atoms with Gasteiger partial charge in [0.05, 0.1) is 0 Å². The quantitative estimate of drug-likeness (QED) is 0.627. The first kappa shape index (κ1) is 8.84. The molecule has 1 rings (SSSR count). The van der Waals surface area contributed by atoms with E-state index in [1.807, 2.05) is 19.9 Å². The zero-order valence-electron chi connectivity index (χ0n) is 7.70. The second-order valence-corrected chi connectivity index (χ2v) is 2.70. The molecule has 0 aliphatic heterocycles. The molecule has 0 atom stereocenters. The Bertz CT molecular complexity index is 292. The summed E-state index contributed by atoms with van der Waals surface area (Å²) in [5, 5.41) is 0. The Labute approximate surface area is 72.6 Å². The first-order valence-corrected chi connectivity index (χ1v) is 4.06. The van der Waals surface area contributed by atoms with Crippen molar-refractivity contribution in [3.05, 3.63) is 18.0 Å². The van der Waals surface area contributed by atoms with Gasteiger partial charge in [0.2, 0.25) is 5.95 Å². The van der Waals surface area contributed by atoms with Gasteiger partial charge in [0.25, 0.3) is 0 Å². The lowest BCUT2D eigenvalue weighted by Gasteiger charge is -1.95. The standard InChI is InChI=1S/C9H13N3/c1-4-7(2)11-9-10-6-5-8(3)12-9/h5-6H,4H2,1-3H3. The molecule has 0 N–H and O–H groups in total. The van der Waals surface area contributed by atoms with E-state index in [1.165, 1.54) is 0 Å². The van der Waals surface area contributed by atoms with Gasteiger partial charge in [-0.25, -0.2) is 15.0 Å². The molecule has 0 fully saturated rings. The van der Waals surface area contributed by atoms with Crippen LogP contribution in [0.4, 0.5) is 5.95 Å². The number of aromatic nitrogens is 2. The predicted molar refractivity (Wildman–Crippen MR) is 49.8 cm³/mol. The van der Waals surface area contributed by atoms with Crippen LogP contribution in [0.2, 0.25) is 0 Å². The van der Waals surface area contributed by atoms with E-state index in [-0.39, 0.29) is 0 Å². The van der Waals surface area contributed by atoms with E-state index in [2.05, 4.69) is 21.9 Å². The fraction of sp³-hybridized carbons (Fsp3) is 0.444. The molecule has 1 aromatic heterocycles. The summed E-state index contributed by atoms with van der Waals surface area (Å²) in [5.41, 5.74) is 2.01. The smallest absolute Gasteiger partial charge is 0.221 e. The molecular weight excluding hydrogens is 150 g/mol. The molecule has 0 bridgehead atoms. The Kier molecular flexibility index (Phi) is 2.91. The molecule has 0 saturated carbocycles. The van der Waals surface area contributed by atoms with E-state index < -0.39 is 0 Å². The number of aryl methyl sites for hydroxylation is 1. The zero-order valence-corrected chi connectivity index (χ0v) is 7.70. The van der Waals surface area contributed by atoms with E-state index >= 15 is 0 Å². The van der Waals surface area contributed by atoms with Crippen molar-refractivity contribution in [2.24, 2.45) is 4.99 Å². The molecule has 64 valence electrons. The SMILES string of the molecule is CCC(C)=Nc1nccc(C)n1. The van der Waals surface area contributed by atoms with Crippen LogP contribution >= 0.6 is 0 Å². The van der Waals surface area contributed by atoms with Crippen LogP contribution < -0.4 is 0 Å². The van der Waals surface area contributed by atoms with Crippen molar-refractivity contribution in [2.45, 2.75) is 27.2 Å². The lowest BCUT2D eigenvalue weighted by molar-refractivity contribution is 1.07. The van der Waals surface area contributed by atoms with Crippen LogP contribution in [-0.2, 0) is 0 Å².